The molecule has 0 aliphatic carbocycles. The Balaban J connectivity index is 1.19. The highest BCUT2D eigenvalue weighted by molar-refractivity contribution is 6.30. The number of nitrogens with zero attached hydrogens (tertiary/aromatic N) is 3. The molecule has 0 saturated carbocycles. The van der Waals surface area contributed by atoms with Crippen LogP contribution in [0, 0.1) is 0 Å². The van der Waals surface area contributed by atoms with Gasteiger partial charge in [0, 0.05) is 17.6 Å². The van der Waals surface area contributed by atoms with Gasteiger partial charge in [0.2, 0.25) is 11.2 Å². The van der Waals surface area contributed by atoms with Crippen molar-refractivity contribution < 1.29 is 19.1 Å². The van der Waals surface area contributed by atoms with Crippen LogP contribution in [0.1, 0.15) is 36.6 Å². The topological polar surface area (TPSA) is 95.3 Å². The molecule has 5 rings (SSSR count). The van der Waals surface area contributed by atoms with E-state index in [1.807, 2.05) is 47.2 Å². The zero-order valence-electron chi connectivity index (χ0n) is 20.5. The Morgan fingerprint density at radius 3 is 2.58 bits per heavy atom. The summed E-state index contributed by atoms with van der Waals surface area (Å²) in [6, 6.07) is 18.7. The summed E-state index contributed by atoms with van der Waals surface area (Å²) in [5.74, 6) is -0.115. The molecule has 2 aromatic heterocycles. The van der Waals surface area contributed by atoms with Crippen LogP contribution >= 0.6 is 23.2 Å². The summed E-state index contributed by atoms with van der Waals surface area (Å²) in [4.78, 5) is 33.5. The number of ether oxygens (including phenoxy) is 2. The molecule has 2 atom stereocenters. The molecule has 10 heteroatoms. The first-order chi connectivity index (χ1) is 18.4. The van der Waals surface area contributed by atoms with Crippen molar-refractivity contribution in [1.29, 1.82) is 0 Å². The van der Waals surface area contributed by atoms with E-state index in [9.17, 15) is 9.59 Å². The van der Waals surface area contributed by atoms with Gasteiger partial charge in [0.25, 0.3) is 0 Å². The molecule has 4 aromatic rings. The molecular weight excluding hydrogens is 527 g/mol. The zero-order chi connectivity index (χ0) is 26.5. The van der Waals surface area contributed by atoms with Gasteiger partial charge in [-0.15, -0.1) is 0 Å². The molecule has 1 amide bonds. The van der Waals surface area contributed by atoms with Gasteiger partial charge < -0.3 is 19.4 Å². The van der Waals surface area contributed by atoms with Crippen molar-refractivity contribution in [2.75, 3.05) is 11.9 Å². The van der Waals surface area contributed by atoms with Gasteiger partial charge in [0.15, 0.2) is 0 Å². The number of hydrogen-bond donors (Lipinski definition) is 1. The average molecular weight is 553 g/mol. The van der Waals surface area contributed by atoms with E-state index < -0.39 is 0 Å². The van der Waals surface area contributed by atoms with Crippen LogP contribution in [0.2, 0.25) is 10.3 Å². The SMILES string of the molecule is O=C(CCc1ccccc1)Nc1nc(Cl)nc2c1ccn2C1CC[C@@H](COC(=O)Cc2ccc(Cl)cc2)O1. The van der Waals surface area contributed by atoms with Gasteiger partial charge in [-0.05, 0) is 60.2 Å². The molecule has 1 saturated heterocycles. The van der Waals surface area contributed by atoms with Crippen molar-refractivity contribution in [1.82, 2.24) is 14.5 Å². The molecule has 1 aliphatic rings. The second-order valence-electron chi connectivity index (χ2n) is 9.11. The molecular formula is C28H26Cl2N4O4. The normalized spacial score (nSPS) is 17.0. The van der Waals surface area contributed by atoms with E-state index in [0.717, 1.165) is 17.5 Å². The molecule has 2 aromatic carbocycles. The number of amides is 1. The standard InChI is InChI=1S/C28H26Cl2N4O4/c29-20-9-6-19(7-10-20)16-25(36)37-17-21-11-13-24(38-21)34-15-14-22-26(32-28(30)33-27(22)34)31-23(35)12-8-18-4-2-1-3-5-18/h1-7,9-10,14-15,21,24H,8,11-13,16-17H2,(H,31,32,33,35)/t21-,24?/m0/s1. The zero-order valence-corrected chi connectivity index (χ0v) is 22.0. The summed E-state index contributed by atoms with van der Waals surface area (Å²) < 4.78 is 13.5. The van der Waals surface area contributed by atoms with Gasteiger partial charge in [-0.2, -0.15) is 9.97 Å². The lowest BCUT2D eigenvalue weighted by atomic mass is 10.1. The number of esters is 1. The molecule has 1 fully saturated rings. The van der Waals surface area contributed by atoms with E-state index in [2.05, 4.69) is 15.3 Å². The summed E-state index contributed by atoms with van der Waals surface area (Å²) in [6.45, 7) is 0.167. The molecule has 196 valence electrons. The Hall–Kier alpha value is -3.46. The molecule has 0 spiro atoms. The lowest BCUT2D eigenvalue weighted by Crippen LogP contribution is -2.20. The van der Waals surface area contributed by atoms with Crippen molar-refractivity contribution >= 4 is 51.9 Å². The van der Waals surface area contributed by atoms with Crippen LogP contribution in [-0.4, -0.2) is 39.1 Å². The van der Waals surface area contributed by atoms with Crippen molar-refractivity contribution in [3.8, 4) is 0 Å². The molecule has 0 bridgehead atoms. The molecule has 38 heavy (non-hydrogen) atoms. The number of anilines is 1. The predicted octanol–water partition coefficient (Wildman–Crippen LogP) is 5.77. The third kappa shape index (κ3) is 6.51. The second kappa shape index (κ2) is 11.9. The minimum absolute atomic E-state index is 0.0292. The molecule has 1 aliphatic heterocycles. The summed E-state index contributed by atoms with van der Waals surface area (Å²) in [5, 5.41) is 4.19. The van der Waals surface area contributed by atoms with Crippen LogP contribution in [-0.2, 0) is 31.9 Å². The largest absolute Gasteiger partial charge is 0.463 e. The average Bonchev–Trinajstić information content (AvgIpc) is 3.55. The van der Waals surface area contributed by atoms with Crippen molar-refractivity contribution in [2.45, 2.75) is 44.4 Å². The molecule has 0 radical (unpaired) electrons. The van der Waals surface area contributed by atoms with E-state index in [1.54, 1.807) is 24.3 Å². The third-order valence-electron chi connectivity index (χ3n) is 6.37. The number of carbonyl (C=O) groups is 2. The maximum atomic E-state index is 12.6. The number of fused-ring (bicyclic) bond motifs is 1. The highest BCUT2D eigenvalue weighted by atomic mass is 35.5. The minimum atomic E-state index is -0.321. The molecule has 3 heterocycles. The van der Waals surface area contributed by atoms with Gasteiger partial charge in [-0.3, -0.25) is 9.59 Å². The van der Waals surface area contributed by atoms with Crippen LogP contribution in [0.15, 0.2) is 66.9 Å². The van der Waals surface area contributed by atoms with E-state index in [0.29, 0.717) is 41.1 Å². The van der Waals surface area contributed by atoms with Gasteiger partial charge >= 0.3 is 5.97 Å². The predicted molar refractivity (Wildman–Crippen MR) is 145 cm³/mol. The van der Waals surface area contributed by atoms with Crippen LogP contribution < -0.4 is 5.32 Å². The number of nitrogens with one attached hydrogen (secondary N) is 1. The second-order valence-corrected chi connectivity index (χ2v) is 9.89. The monoisotopic (exact) mass is 552 g/mol. The quantitative estimate of drug-likeness (QED) is 0.209. The maximum Gasteiger partial charge on any atom is 0.310 e. The van der Waals surface area contributed by atoms with Crippen molar-refractivity contribution in [3.05, 3.63) is 88.3 Å². The summed E-state index contributed by atoms with van der Waals surface area (Å²) in [6.07, 6.45) is 3.85. The Morgan fingerprint density at radius 1 is 1.00 bits per heavy atom. The van der Waals surface area contributed by atoms with Crippen molar-refractivity contribution in [3.63, 3.8) is 0 Å². The van der Waals surface area contributed by atoms with E-state index in [1.165, 1.54) is 0 Å². The number of aromatic nitrogens is 3. The molecule has 1 N–H and O–H groups in total. The number of benzene rings is 2. The summed E-state index contributed by atoms with van der Waals surface area (Å²) in [5.41, 5.74) is 2.49. The Bertz CT molecular complexity index is 1430. The van der Waals surface area contributed by atoms with E-state index in [4.69, 9.17) is 32.7 Å². The first-order valence-electron chi connectivity index (χ1n) is 12.4. The summed E-state index contributed by atoms with van der Waals surface area (Å²) >= 11 is 12.1. The maximum absolute atomic E-state index is 12.6. The van der Waals surface area contributed by atoms with Crippen LogP contribution in [0.3, 0.4) is 0 Å². The first-order valence-corrected chi connectivity index (χ1v) is 13.1. The first kappa shape index (κ1) is 26.2. The number of halogens is 2. The molecule has 1 unspecified atom stereocenters. The highest BCUT2D eigenvalue weighted by Gasteiger charge is 2.29. The van der Waals surface area contributed by atoms with Crippen LogP contribution in [0.25, 0.3) is 11.0 Å². The fourth-order valence-electron chi connectivity index (χ4n) is 4.45. The van der Waals surface area contributed by atoms with Crippen molar-refractivity contribution in [2.24, 2.45) is 0 Å². The molecule has 8 nitrogen and oxygen atoms in total. The van der Waals surface area contributed by atoms with Gasteiger partial charge in [0.1, 0.15) is 24.3 Å². The van der Waals surface area contributed by atoms with Gasteiger partial charge in [-0.25, -0.2) is 0 Å². The number of rotatable bonds is 9. The summed E-state index contributed by atoms with van der Waals surface area (Å²) in [7, 11) is 0. The van der Waals surface area contributed by atoms with Crippen LogP contribution in [0.4, 0.5) is 5.82 Å². The number of aryl methyl sites for hydroxylation is 1. The smallest absolute Gasteiger partial charge is 0.310 e. The van der Waals surface area contributed by atoms with E-state index in [-0.39, 0.29) is 42.5 Å². The fraction of sp³-hybridized carbons (Fsp3) is 0.286. The Kier molecular flexibility index (Phi) is 8.22. The minimum Gasteiger partial charge on any atom is -0.463 e. The number of hydrogen-bond acceptors (Lipinski definition) is 6. The Labute approximate surface area is 229 Å². The highest BCUT2D eigenvalue weighted by Crippen LogP contribution is 2.33. The Morgan fingerprint density at radius 2 is 1.79 bits per heavy atom. The lowest BCUT2D eigenvalue weighted by molar-refractivity contribution is -0.147. The fourth-order valence-corrected chi connectivity index (χ4v) is 4.74. The number of carbonyl (C=O) groups excluding carboxylic acids is 2. The lowest BCUT2D eigenvalue weighted by Gasteiger charge is -2.16. The van der Waals surface area contributed by atoms with Crippen LogP contribution in [0.5, 0.6) is 0 Å². The van der Waals surface area contributed by atoms with Gasteiger partial charge in [0.05, 0.1) is 17.9 Å². The third-order valence-corrected chi connectivity index (χ3v) is 6.79. The van der Waals surface area contributed by atoms with E-state index >= 15 is 0 Å². The van der Waals surface area contributed by atoms with Gasteiger partial charge in [-0.1, -0.05) is 54.1 Å².